The number of carbonyl (C=O) groups is 2. The van der Waals surface area contributed by atoms with E-state index < -0.39 is 29.5 Å². The van der Waals surface area contributed by atoms with E-state index in [9.17, 15) is 22.8 Å². The van der Waals surface area contributed by atoms with Crippen molar-refractivity contribution in [2.45, 2.75) is 6.18 Å². The first-order chi connectivity index (χ1) is 10.3. The van der Waals surface area contributed by atoms with Crippen molar-refractivity contribution in [3.05, 3.63) is 53.6 Å². The summed E-state index contributed by atoms with van der Waals surface area (Å²) in [5.41, 5.74) is -1.21. The molecule has 114 valence electrons. The fourth-order valence-corrected chi connectivity index (χ4v) is 1.45. The maximum absolute atomic E-state index is 12.4. The Hall–Kier alpha value is -2.97. The van der Waals surface area contributed by atoms with Crippen LogP contribution in [0.1, 0.15) is 26.7 Å². The molecule has 0 fully saturated rings. The summed E-state index contributed by atoms with van der Waals surface area (Å²) < 4.78 is 42.0. The molecule has 1 heterocycles. The number of carbonyl (C=O) groups excluding carboxylic acids is 1. The van der Waals surface area contributed by atoms with Gasteiger partial charge in [0.1, 0.15) is 5.75 Å². The highest BCUT2D eigenvalue weighted by atomic mass is 19.4. The van der Waals surface area contributed by atoms with Crippen LogP contribution in [0.15, 0.2) is 36.5 Å². The molecule has 0 saturated carbocycles. The number of hydrogen-bond acceptors (Lipinski definition) is 5. The average molecular weight is 312 g/mol. The fraction of sp³-hybridized carbons (Fsp3) is 0.0769. The number of aromatic nitrogens is 2. The van der Waals surface area contributed by atoms with E-state index in [1.807, 2.05) is 0 Å². The molecule has 0 aliphatic rings. The van der Waals surface area contributed by atoms with Crippen molar-refractivity contribution in [3.63, 3.8) is 0 Å². The summed E-state index contributed by atoms with van der Waals surface area (Å²) in [6.07, 6.45) is -3.44. The number of benzene rings is 1. The number of esters is 1. The van der Waals surface area contributed by atoms with Crippen LogP contribution >= 0.6 is 0 Å². The van der Waals surface area contributed by atoms with E-state index in [1.165, 1.54) is 0 Å². The molecule has 2 rings (SSSR count). The lowest BCUT2D eigenvalue weighted by Crippen LogP contribution is -2.14. The summed E-state index contributed by atoms with van der Waals surface area (Å²) in [5.74, 6) is -3.16. The molecule has 0 unspecified atom stereocenters. The lowest BCUT2D eigenvalue weighted by molar-refractivity contribution is -0.137. The first-order valence-corrected chi connectivity index (χ1v) is 5.73. The zero-order chi connectivity index (χ0) is 16.3. The molecule has 0 saturated heterocycles. The van der Waals surface area contributed by atoms with Crippen molar-refractivity contribution in [3.8, 4) is 5.75 Å². The molecule has 22 heavy (non-hydrogen) atoms. The molecular formula is C13H7F3N2O4. The molecule has 6 nitrogen and oxygen atoms in total. The monoisotopic (exact) mass is 312 g/mol. The fourth-order valence-electron chi connectivity index (χ4n) is 1.45. The third-order valence-electron chi connectivity index (χ3n) is 2.45. The second kappa shape index (κ2) is 5.80. The van der Waals surface area contributed by atoms with E-state index in [2.05, 4.69) is 9.97 Å². The van der Waals surface area contributed by atoms with Gasteiger partial charge in [0.15, 0.2) is 5.69 Å². The zero-order valence-corrected chi connectivity index (χ0v) is 10.7. The molecule has 0 atom stereocenters. The summed E-state index contributed by atoms with van der Waals surface area (Å²) in [6.45, 7) is 0. The van der Waals surface area contributed by atoms with Gasteiger partial charge in [-0.3, -0.25) is 0 Å². The third-order valence-corrected chi connectivity index (χ3v) is 2.45. The lowest BCUT2D eigenvalue weighted by Gasteiger charge is -2.08. The summed E-state index contributed by atoms with van der Waals surface area (Å²) >= 11 is 0. The van der Waals surface area contributed by atoms with Crippen molar-refractivity contribution >= 4 is 11.9 Å². The van der Waals surface area contributed by atoms with Gasteiger partial charge in [0.2, 0.25) is 5.82 Å². The SMILES string of the molecule is O=C(Oc1ccc(C(F)(F)F)cc1)c1ccnc(C(=O)O)n1. The number of nitrogens with zero attached hydrogens (tertiary/aromatic N) is 2. The third kappa shape index (κ3) is 3.57. The van der Waals surface area contributed by atoms with Crippen LogP contribution in [0.3, 0.4) is 0 Å². The number of carboxylic acid groups (broad SMARTS) is 1. The van der Waals surface area contributed by atoms with E-state index >= 15 is 0 Å². The smallest absolute Gasteiger partial charge is 0.416 e. The molecule has 1 aromatic heterocycles. The molecule has 2 aromatic rings. The Balaban J connectivity index is 2.15. The minimum atomic E-state index is -4.49. The first-order valence-electron chi connectivity index (χ1n) is 5.73. The second-order valence-electron chi connectivity index (χ2n) is 3.98. The average Bonchev–Trinajstić information content (AvgIpc) is 2.47. The molecule has 1 aromatic carbocycles. The number of aromatic carboxylic acids is 1. The quantitative estimate of drug-likeness (QED) is 0.691. The van der Waals surface area contributed by atoms with Gasteiger partial charge in [-0.15, -0.1) is 0 Å². The minimum absolute atomic E-state index is 0.131. The molecule has 0 amide bonds. The van der Waals surface area contributed by atoms with Crippen molar-refractivity contribution in [2.24, 2.45) is 0 Å². The van der Waals surface area contributed by atoms with Gasteiger partial charge in [-0.05, 0) is 30.3 Å². The van der Waals surface area contributed by atoms with E-state index in [1.54, 1.807) is 0 Å². The van der Waals surface area contributed by atoms with Gasteiger partial charge >= 0.3 is 18.1 Å². The minimum Gasteiger partial charge on any atom is -0.475 e. The molecule has 1 N–H and O–H groups in total. The van der Waals surface area contributed by atoms with Crippen LogP contribution in [-0.4, -0.2) is 27.0 Å². The van der Waals surface area contributed by atoms with E-state index in [4.69, 9.17) is 9.84 Å². The first kappa shape index (κ1) is 15.4. The molecule has 0 aliphatic heterocycles. The van der Waals surface area contributed by atoms with Crippen LogP contribution < -0.4 is 4.74 Å². The number of rotatable bonds is 3. The van der Waals surface area contributed by atoms with Crippen molar-refractivity contribution in [2.75, 3.05) is 0 Å². The number of ether oxygens (including phenoxy) is 1. The Morgan fingerprint density at radius 2 is 1.73 bits per heavy atom. The Labute approximate surface area is 121 Å². The van der Waals surface area contributed by atoms with Gasteiger partial charge in [-0.2, -0.15) is 13.2 Å². The highest BCUT2D eigenvalue weighted by Crippen LogP contribution is 2.30. The Morgan fingerprint density at radius 1 is 1.09 bits per heavy atom. The molecule has 0 bridgehead atoms. The van der Waals surface area contributed by atoms with Crippen molar-refractivity contribution in [1.29, 1.82) is 0 Å². The number of alkyl halides is 3. The van der Waals surface area contributed by atoms with Gasteiger partial charge in [-0.1, -0.05) is 0 Å². The van der Waals surface area contributed by atoms with E-state index in [-0.39, 0.29) is 11.4 Å². The van der Waals surface area contributed by atoms with Crippen LogP contribution in [0.5, 0.6) is 5.75 Å². The van der Waals surface area contributed by atoms with Gasteiger partial charge < -0.3 is 9.84 Å². The second-order valence-corrected chi connectivity index (χ2v) is 3.98. The molecular weight excluding hydrogens is 305 g/mol. The zero-order valence-electron chi connectivity index (χ0n) is 10.7. The topological polar surface area (TPSA) is 89.4 Å². The van der Waals surface area contributed by atoms with Crippen molar-refractivity contribution < 1.29 is 32.6 Å². The lowest BCUT2D eigenvalue weighted by atomic mass is 10.2. The Bertz CT molecular complexity index is 714. The van der Waals surface area contributed by atoms with Crippen molar-refractivity contribution in [1.82, 2.24) is 9.97 Å². The van der Waals surface area contributed by atoms with Gasteiger partial charge in [0, 0.05) is 6.20 Å². The Morgan fingerprint density at radius 3 is 2.27 bits per heavy atom. The summed E-state index contributed by atoms with van der Waals surface area (Å²) in [4.78, 5) is 29.3. The Kier molecular flexibility index (Phi) is 4.06. The highest BCUT2D eigenvalue weighted by Gasteiger charge is 2.30. The standard InChI is InChI=1S/C13H7F3N2O4/c14-13(15,16)7-1-3-8(4-2-7)22-12(21)9-5-6-17-10(18-9)11(19)20/h1-6H,(H,19,20). The van der Waals surface area contributed by atoms with Gasteiger partial charge in [-0.25, -0.2) is 19.6 Å². The van der Waals surface area contributed by atoms with Crippen LogP contribution in [-0.2, 0) is 6.18 Å². The predicted molar refractivity (Wildman–Crippen MR) is 65.4 cm³/mol. The largest absolute Gasteiger partial charge is 0.475 e. The highest BCUT2D eigenvalue weighted by molar-refractivity contribution is 5.90. The molecule has 0 spiro atoms. The van der Waals surface area contributed by atoms with Crippen LogP contribution in [0.4, 0.5) is 13.2 Å². The number of halogens is 3. The normalized spacial score (nSPS) is 11.0. The van der Waals surface area contributed by atoms with Gasteiger partial charge in [0.25, 0.3) is 0 Å². The summed E-state index contributed by atoms with van der Waals surface area (Å²) in [5, 5.41) is 8.70. The number of hydrogen-bond donors (Lipinski definition) is 1. The maximum Gasteiger partial charge on any atom is 0.416 e. The van der Waals surface area contributed by atoms with Crippen LogP contribution in [0, 0.1) is 0 Å². The van der Waals surface area contributed by atoms with E-state index in [0.717, 1.165) is 36.5 Å². The summed E-state index contributed by atoms with van der Waals surface area (Å²) in [7, 11) is 0. The molecule has 0 radical (unpaired) electrons. The molecule has 9 heteroatoms. The maximum atomic E-state index is 12.4. The van der Waals surface area contributed by atoms with Crippen LogP contribution in [0.25, 0.3) is 0 Å². The summed E-state index contributed by atoms with van der Waals surface area (Å²) in [6, 6.07) is 4.58. The number of carboxylic acids is 1. The van der Waals surface area contributed by atoms with Gasteiger partial charge in [0.05, 0.1) is 5.56 Å². The van der Waals surface area contributed by atoms with Crippen LogP contribution in [0.2, 0.25) is 0 Å². The van der Waals surface area contributed by atoms with E-state index in [0.29, 0.717) is 0 Å². The predicted octanol–water partition coefficient (Wildman–Crippen LogP) is 2.41. The molecule has 0 aliphatic carbocycles.